The van der Waals surface area contributed by atoms with Crippen LogP contribution in [-0.4, -0.2) is 99.0 Å². The lowest BCUT2D eigenvalue weighted by Gasteiger charge is -2.41. The van der Waals surface area contributed by atoms with Gasteiger partial charge < -0.3 is 23.4 Å². The zero-order valence-corrected chi connectivity index (χ0v) is 27.2. The van der Waals surface area contributed by atoms with E-state index in [-0.39, 0.29) is 11.6 Å². The maximum absolute atomic E-state index is 12.5. The number of hydrogen-bond donors (Lipinski definition) is 0. The lowest BCUT2D eigenvalue weighted by atomic mass is 9.96. The van der Waals surface area contributed by atoms with E-state index < -0.39 is 83.4 Å². The van der Waals surface area contributed by atoms with Crippen molar-refractivity contribution in [3.05, 3.63) is 10.4 Å². The fourth-order valence-corrected chi connectivity index (χ4v) is 6.52. The molecule has 2 fully saturated rings. The summed E-state index contributed by atoms with van der Waals surface area (Å²) in [7, 11) is -10.4. The zero-order chi connectivity index (χ0) is 30.2. The van der Waals surface area contributed by atoms with Gasteiger partial charge in [-0.15, -0.1) is 0 Å². The van der Waals surface area contributed by atoms with E-state index >= 15 is 0 Å². The number of nitrogens with zero attached hydrogens (tertiary/aromatic N) is 3. The fraction of sp³-hybridized carbons (Fsp3) is 1.00. The van der Waals surface area contributed by atoms with Crippen molar-refractivity contribution < 1.29 is 48.6 Å². The van der Waals surface area contributed by atoms with Gasteiger partial charge in [-0.25, -0.2) is 0 Å². The maximum atomic E-state index is 12.5. The number of hydrogen-bond acceptors (Lipinski definition) is 12. The molecule has 0 unspecified atom stereocenters. The summed E-state index contributed by atoms with van der Waals surface area (Å²) in [5.41, 5.74) is 9.08. The largest absolute Gasteiger partial charge is 0.411 e. The van der Waals surface area contributed by atoms with E-state index in [1.165, 1.54) is 0 Å². The topological polar surface area (TPSA) is 182 Å². The van der Waals surface area contributed by atoms with Crippen molar-refractivity contribution in [3.8, 4) is 0 Å². The standard InChI is InChI=1S/C22H43N3O11S2Si/c1-20(2,3)39(10,11)36-14(12-24-25-23)16-18(34-22(6,7)32-16)19(35-38(9,28)29)17-15(13-30-37(8,26)27)31-21(4,5)33-17/h14-19H,12-13H2,1-11H3/t14-,15-,16+,17-,18-,19-/m0/s1. The molecule has 0 aromatic carbocycles. The van der Waals surface area contributed by atoms with Crippen LogP contribution < -0.4 is 0 Å². The van der Waals surface area contributed by atoms with Crippen LogP contribution in [0.25, 0.3) is 10.4 Å². The zero-order valence-electron chi connectivity index (χ0n) is 24.5. The Morgan fingerprint density at radius 2 is 1.44 bits per heavy atom. The second kappa shape index (κ2) is 11.8. The van der Waals surface area contributed by atoms with Gasteiger partial charge in [0.05, 0.1) is 31.8 Å². The van der Waals surface area contributed by atoms with Crippen LogP contribution in [0, 0.1) is 0 Å². The summed E-state index contributed by atoms with van der Waals surface area (Å²) in [6, 6.07) is 0. The van der Waals surface area contributed by atoms with E-state index in [0.717, 1.165) is 12.5 Å². The van der Waals surface area contributed by atoms with Crippen LogP contribution >= 0.6 is 0 Å². The quantitative estimate of drug-likeness (QED) is 0.103. The highest BCUT2D eigenvalue weighted by atomic mass is 32.2. The van der Waals surface area contributed by atoms with Crippen LogP contribution in [0.4, 0.5) is 0 Å². The van der Waals surface area contributed by atoms with Gasteiger partial charge in [0.1, 0.15) is 30.5 Å². The van der Waals surface area contributed by atoms with Crippen molar-refractivity contribution in [2.24, 2.45) is 5.11 Å². The van der Waals surface area contributed by atoms with Crippen molar-refractivity contribution in [1.82, 2.24) is 0 Å². The third-order valence-corrected chi connectivity index (χ3v) is 12.3. The molecule has 228 valence electrons. The third kappa shape index (κ3) is 9.88. The number of rotatable bonds is 12. The molecule has 39 heavy (non-hydrogen) atoms. The average Bonchev–Trinajstić information content (AvgIpc) is 3.20. The minimum absolute atomic E-state index is 0.122. The summed E-state index contributed by atoms with van der Waals surface area (Å²) in [5, 5.41) is 3.52. The molecule has 2 saturated heterocycles. The van der Waals surface area contributed by atoms with Gasteiger partial charge in [0.2, 0.25) is 0 Å². The highest BCUT2D eigenvalue weighted by molar-refractivity contribution is 7.86. The minimum Gasteiger partial charge on any atom is -0.411 e. The van der Waals surface area contributed by atoms with E-state index in [9.17, 15) is 16.8 Å². The molecule has 2 rings (SSSR count). The second-order valence-corrected chi connectivity index (χ2v) is 20.3. The highest BCUT2D eigenvalue weighted by Crippen LogP contribution is 2.43. The van der Waals surface area contributed by atoms with Gasteiger partial charge in [0.25, 0.3) is 20.2 Å². The smallest absolute Gasteiger partial charge is 0.264 e. The Morgan fingerprint density at radius 1 is 0.923 bits per heavy atom. The molecule has 17 heteroatoms. The normalized spacial score (nSPS) is 29.1. The van der Waals surface area contributed by atoms with Crippen LogP contribution in [0.2, 0.25) is 18.1 Å². The van der Waals surface area contributed by atoms with Gasteiger partial charge in [0, 0.05) is 4.91 Å². The summed E-state index contributed by atoms with van der Waals surface area (Å²) in [6.45, 7) is 16.1. The molecule has 0 spiro atoms. The molecule has 6 atom stereocenters. The van der Waals surface area contributed by atoms with E-state index in [1.807, 2.05) is 33.9 Å². The van der Waals surface area contributed by atoms with Crippen molar-refractivity contribution in [3.63, 3.8) is 0 Å². The van der Waals surface area contributed by atoms with Crippen LogP contribution in [0.15, 0.2) is 5.11 Å². The maximum Gasteiger partial charge on any atom is 0.264 e. The number of azide groups is 1. The number of ether oxygens (including phenoxy) is 4. The van der Waals surface area contributed by atoms with Crippen molar-refractivity contribution >= 4 is 28.6 Å². The molecule has 0 bridgehead atoms. The van der Waals surface area contributed by atoms with Crippen LogP contribution in [0.5, 0.6) is 0 Å². The molecular formula is C22H43N3O11S2Si. The summed E-state index contributed by atoms with van der Waals surface area (Å²) < 4.78 is 89.8. The van der Waals surface area contributed by atoms with Crippen LogP contribution in [-0.2, 0) is 52.0 Å². The molecule has 2 aliphatic rings. The first kappa shape index (κ1) is 34.3. The predicted molar refractivity (Wildman–Crippen MR) is 144 cm³/mol. The second-order valence-electron chi connectivity index (χ2n) is 12.3. The highest BCUT2D eigenvalue weighted by Gasteiger charge is 2.57. The average molecular weight is 618 g/mol. The molecule has 2 heterocycles. The van der Waals surface area contributed by atoms with Crippen molar-refractivity contribution in [2.75, 3.05) is 25.7 Å². The third-order valence-electron chi connectivity index (χ3n) is 6.71. The van der Waals surface area contributed by atoms with Crippen molar-refractivity contribution in [1.29, 1.82) is 0 Å². The summed E-state index contributed by atoms with van der Waals surface area (Å²) in [6.07, 6.45) is -4.74. The Bertz CT molecular complexity index is 1130. The summed E-state index contributed by atoms with van der Waals surface area (Å²) in [5.74, 6) is -2.45. The minimum atomic E-state index is -4.11. The molecule has 0 amide bonds. The van der Waals surface area contributed by atoms with Gasteiger partial charge in [-0.3, -0.25) is 8.37 Å². The Morgan fingerprint density at radius 3 is 1.92 bits per heavy atom. The van der Waals surface area contributed by atoms with Gasteiger partial charge in [-0.1, -0.05) is 25.9 Å². The SMILES string of the molecule is CC1(C)O[C@H]([C@@H](OS(C)(=O)=O)[C@H]2OC(C)(C)O[C@H]2COS(C)(=O)=O)[C@@H]([C@H](CN=[N+]=[N-])O[Si](C)(C)C(C)(C)C)O1. The Labute approximate surface area is 232 Å². The lowest BCUT2D eigenvalue weighted by Crippen LogP contribution is -2.56. The van der Waals surface area contributed by atoms with Crippen molar-refractivity contribution in [2.45, 2.75) is 115 Å². The summed E-state index contributed by atoms with van der Waals surface area (Å²) in [4.78, 5) is 2.88. The molecule has 14 nitrogen and oxygen atoms in total. The van der Waals surface area contributed by atoms with E-state index in [2.05, 4.69) is 10.0 Å². The molecule has 0 aliphatic carbocycles. The lowest BCUT2D eigenvalue weighted by molar-refractivity contribution is -0.175. The summed E-state index contributed by atoms with van der Waals surface area (Å²) >= 11 is 0. The van der Waals surface area contributed by atoms with E-state index in [4.69, 9.17) is 37.3 Å². The van der Waals surface area contributed by atoms with Gasteiger partial charge in [-0.2, -0.15) is 16.8 Å². The first-order valence-electron chi connectivity index (χ1n) is 12.5. The first-order chi connectivity index (χ1) is 17.4. The predicted octanol–water partition coefficient (Wildman–Crippen LogP) is 3.05. The van der Waals surface area contributed by atoms with Gasteiger partial charge in [0.15, 0.2) is 19.9 Å². The first-order valence-corrected chi connectivity index (χ1v) is 19.0. The molecule has 0 aromatic rings. The molecule has 0 radical (unpaired) electrons. The Balaban J connectivity index is 2.60. The van der Waals surface area contributed by atoms with Crippen LogP contribution in [0.3, 0.4) is 0 Å². The molecule has 0 aromatic heterocycles. The van der Waals surface area contributed by atoms with Gasteiger partial charge >= 0.3 is 0 Å². The molecular weight excluding hydrogens is 574 g/mol. The van der Waals surface area contributed by atoms with Crippen LogP contribution in [0.1, 0.15) is 48.5 Å². The molecule has 2 aliphatic heterocycles. The Hall–Kier alpha value is -0.853. The van der Waals surface area contributed by atoms with E-state index in [0.29, 0.717) is 0 Å². The van der Waals surface area contributed by atoms with Gasteiger partial charge in [-0.05, 0) is 51.4 Å². The fourth-order valence-electron chi connectivity index (χ4n) is 4.20. The van der Waals surface area contributed by atoms with E-state index in [1.54, 1.807) is 27.7 Å². The molecule has 0 N–H and O–H groups in total. The monoisotopic (exact) mass is 617 g/mol. The Kier molecular flexibility index (Phi) is 10.4. The molecule has 0 saturated carbocycles.